The van der Waals surface area contributed by atoms with E-state index in [1.54, 1.807) is 0 Å². The number of morpholine rings is 1. The third-order valence-electron chi connectivity index (χ3n) is 4.41. The van der Waals surface area contributed by atoms with E-state index in [0.717, 1.165) is 44.1 Å². The predicted octanol–water partition coefficient (Wildman–Crippen LogP) is 3.09. The quantitative estimate of drug-likeness (QED) is 0.732. The minimum absolute atomic E-state index is 0. The van der Waals surface area contributed by atoms with Crippen molar-refractivity contribution in [2.75, 3.05) is 31.6 Å². The number of nitrogens with one attached hydrogen (secondary N) is 1. The average Bonchev–Trinajstić information content (AvgIpc) is 3.08. The molecule has 1 fully saturated rings. The number of aromatic nitrogens is 1. The summed E-state index contributed by atoms with van der Waals surface area (Å²) in [6.45, 7) is 6.00. The van der Waals surface area contributed by atoms with Crippen LogP contribution in [0.4, 0.5) is 5.13 Å². The molecule has 3 rings (SSSR count). The molecule has 150 valence electrons. The zero-order valence-electron chi connectivity index (χ0n) is 15.2. The largest absolute Gasteiger partial charge is 0.379 e. The molecule has 0 spiro atoms. The van der Waals surface area contributed by atoms with E-state index in [-0.39, 0.29) is 42.7 Å². The fraction of sp³-hybridized carbons (Fsp3) is 0.444. The molecule has 3 N–H and O–H groups in total. The Morgan fingerprint density at radius 1 is 1.30 bits per heavy atom. The molecular formula is C18H26Cl2N4O2S. The normalized spacial score (nSPS) is 16.5. The Bertz CT molecular complexity index is 696. The summed E-state index contributed by atoms with van der Waals surface area (Å²) in [4.78, 5) is 19.3. The van der Waals surface area contributed by atoms with Crippen molar-refractivity contribution in [1.82, 2.24) is 9.88 Å². The van der Waals surface area contributed by atoms with Crippen LogP contribution in [-0.4, -0.2) is 42.1 Å². The molecule has 27 heavy (non-hydrogen) atoms. The summed E-state index contributed by atoms with van der Waals surface area (Å²) < 4.78 is 5.35. The number of ether oxygens (including phenoxy) is 1. The van der Waals surface area contributed by atoms with Gasteiger partial charge in [-0.2, -0.15) is 0 Å². The zero-order valence-corrected chi connectivity index (χ0v) is 17.6. The van der Waals surface area contributed by atoms with E-state index in [0.29, 0.717) is 5.13 Å². The van der Waals surface area contributed by atoms with E-state index in [9.17, 15) is 4.79 Å². The van der Waals surface area contributed by atoms with Gasteiger partial charge in [0.1, 0.15) is 0 Å². The lowest BCUT2D eigenvalue weighted by molar-refractivity contribution is -0.120. The van der Waals surface area contributed by atoms with Crippen LogP contribution in [0.5, 0.6) is 0 Å². The molecule has 1 aliphatic heterocycles. The number of carbonyl (C=O) groups is 1. The van der Waals surface area contributed by atoms with Crippen molar-refractivity contribution in [3.8, 4) is 0 Å². The highest BCUT2D eigenvalue weighted by Crippen LogP contribution is 2.22. The summed E-state index contributed by atoms with van der Waals surface area (Å²) >= 11 is 1.45. The number of anilines is 1. The standard InChI is InChI=1S/C18H24N4O2S.2ClH/c1-13(16(19)14-5-3-2-4-6-14)17(23)21-18-20-15(12-25-18)11-22-7-9-24-10-8-22;;/h2-6,12-13,16H,7-11,19H2,1H3,(H,20,21,23);2*1H. The van der Waals surface area contributed by atoms with E-state index in [1.807, 2.05) is 42.6 Å². The number of hydrogen-bond acceptors (Lipinski definition) is 6. The highest BCUT2D eigenvalue weighted by atomic mass is 35.5. The van der Waals surface area contributed by atoms with Crippen LogP contribution < -0.4 is 11.1 Å². The fourth-order valence-electron chi connectivity index (χ4n) is 2.77. The molecule has 0 saturated carbocycles. The summed E-state index contributed by atoms with van der Waals surface area (Å²) in [5.74, 6) is -0.447. The van der Waals surface area contributed by atoms with E-state index >= 15 is 0 Å². The molecule has 0 aliphatic carbocycles. The molecule has 2 aromatic rings. The molecule has 2 unspecified atom stereocenters. The van der Waals surface area contributed by atoms with Crippen LogP contribution in [0.15, 0.2) is 35.7 Å². The maximum atomic E-state index is 12.5. The first-order valence-corrected chi connectivity index (χ1v) is 9.37. The third kappa shape index (κ3) is 6.71. The number of nitrogens with zero attached hydrogens (tertiary/aromatic N) is 2. The lowest BCUT2D eigenvalue weighted by Crippen LogP contribution is -2.35. The van der Waals surface area contributed by atoms with Gasteiger partial charge in [0.2, 0.25) is 5.91 Å². The average molecular weight is 433 g/mol. The molecule has 2 atom stereocenters. The number of amides is 1. The van der Waals surface area contributed by atoms with Crippen molar-refractivity contribution in [3.63, 3.8) is 0 Å². The second-order valence-corrected chi connectivity index (χ2v) is 7.11. The number of halogens is 2. The topological polar surface area (TPSA) is 80.5 Å². The molecule has 6 nitrogen and oxygen atoms in total. The van der Waals surface area contributed by atoms with Gasteiger partial charge in [0.05, 0.1) is 24.8 Å². The zero-order chi connectivity index (χ0) is 17.6. The molecular weight excluding hydrogens is 407 g/mol. The summed E-state index contributed by atoms with van der Waals surface area (Å²) in [7, 11) is 0. The lowest BCUT2D eigenvalue weighted by Gasteiger charge is -2.25. The van der Waals surface area contributed by atoms with Gasteiger partial charge in [0.15, 0.2) is 5.13 Å². The van der Waals surface area contributed by atoms with Crippen molar-refractivity contribution in [1.29, 1.82) is 0 Å². The molecule has 1 aliphatic rings. The Morgan fingerprint density at radius 3 is 2.63 bits per heavy atom. The molecule has 9 heteroatoms. The Hall–Kier alpha value is -1.22. The van der Waals surface area contributed by atoms with Crippen molar-refractivity contribution in [2.24, 2.45) is 11.7 Å². The van der Waals surface area contributed by atoms with Crippen LogP contribution in [-0.2, 0) is 16.1 Å². The minimum Gasteiger partial charge on any atom is -0.379 e. The molecule has 0 radical (unpaired) electrons. The maximum Gasteiger partial charge on any atom is 0.230 e. The van der Waals surface area contributed by atoms with Gasteiger partial charge in [-0.25, -0.2) is 4.98 Å². The molecule has 2 heterocycles. The highest BCUT2D eigenvalue weighted by molar-refractivity contribution is 7.13. The SMILES string of the molecule is CC(C(=O)Nc1nc(CN2CCOCC2)cs1)C(N)c1ccccc1.Cl.Cl. The van der Waals surface area contributed by atoms with Gasteiger partial charge in [-0.3, -0.25) is 9.69 Å². The van der Waals surface area contributed by atoms with Gasteiger partial charge < -0.3 is 15.8 Å². The van der Waals surface area contributed by atoms with Crippen LogP contribution in [0, 0.1) is 5.92 Å². The number of hydrogen-bond donors (Lipinski definition) is 2. The fourth-order valence-corrected chi connectivity index (χ4v) is 3.48. The first-order valence-electron chi connectivity index (χ1n) is 8.49. The van der Waals surface area contributed by atoms with Crippen LogP contribution >= 0.6 is 36.2 Å². The summed E-state index contributed by atoms with van der Waals surface area (Å²) in [5.41, 5.74) is 8.16. The number of benzene rings is 1. The summed E-state index contributed by atoms with van der Waals surface area (Å²) in [5, 5.41) is 5.51. The summed E-state index contributed by atoms with van der Waals surface area (Å²) in [6, 6.07) is 9.34. The summed E-state index contributed by atoms with van der Waals surface area (Å²) in [6.07, 6.45) is 0. The van der Waals surface area contributed by atoms with Crippen LogP contribution in [0.1, 0.15) is 24.2 Å². The number of rotatable bonds is 6. The molecule has 0 bridgehead atoms. The number of nitrogens with two attached hydrogens (primary N) is 1. The number of carbonyl (C=O) groups excluding carboxylic acids is 1. The Labute approximate surface area is 176 Å². The number of thiazole rings is 1. The van der Waals surface area contributed by atoms with E-state index in [2.05, 4.69) is 15.2 Å². The van der Waals surface area contributed by atoms with Gasteiger partial charge in [-0.15, -0.1) is 36.2 Å². The lowest BCUT2D eigenvalue weighted by atomic mass is 9.95. The highest BCUT2D eigenvalue weighted by Gasteiger charge is 2.23. The van der Waals surface area contributed by atoms with Gasteiger partial charge in [0, 0.05) is 31.1 Å². The van der Waals surface area contributed by atoms with E-state index in [1.165, 1.54) is 11.3 Å². The molecule has 1 aromatic heterocycles. The van der Waals surface area contributed by atoms with Gasteiger partial charge in [-0.05, 0) is 5.56 Å². The van der Waals surface area contributed by atoms with Gasteiger partial charge in [0.25, 0.3) is 0 Å². The molecule has 1 aromatic carbocycles. The van der Waals surface area contributed by atoms with E-state index in [4.69, 9.17) is 10.5 Å². The minimum atomic E-state index is -0.339. The van der Waals surface area contributed by atoms with Crippen LogP contribution in [0.25, 0.3) is 0 Å². The Morgan fingerprint density at radius 2 is 1.96 bits per heavy atom. The first-order chi connectivity index (χ1) is 12.1. The van der Waals surface area contributed by atoms with Crippen LogP contribution in [0.3, 0.4) is 0 Å². The second-order valence-electron chi connectivity index (χ2n) is 6.25. The smallest absolute Gasteiger partial charge is 0.230 e. The van der Waals surface area contributed by atoms with E-state index < -0.39 is 0 Å². The van der Waals surface area contributed by atoms with Crippen molar-refractivity contribution in [2.45, 2.75) is 19.5 Å². The van der Waals surface area contributed by atoms with Crippen molar-refractivity contribution in [3.05, 3.63) is 47.0 Å². The van der Waals surface area contributed by atoms with Crippen molar-refractivity contribution >= 4 is 47.2 Å². The van der Waals surface area contributed by atoms with Crippen molar-refractivity contribution < 1.29 is 9.53 Å². The second kappa shape index (κ2) is 11.6. The molecule has 1 amide bonds. The monoisotopic (exact) mass is 432 g/mol. The molecule has 1 saturated heterocycles. The van der Waals surface area contributed by atoms with Gasteiger partial charge in [-0.1, -0.05) is 37.3 Å². The maximum absolute atomic E-state index is 12.5. The first kappa shape index (κ1) is 23.8. The van der Waals surface area contributed by atoms with Gasteiger partial charge >= 0.3 is 0 Å². The Kier molecular flexibility index (Phi) is 10.2. The Balaban J connectivity index is 0.00000182. The third-order valence-corrected chi connectivity index (χ3v) is 5.21. The predicted molar refractivity (Wildman–Crippen MR) is 114 cm³/mol. The van der Waals surface area contributed by atoms with Crippen LogP contribution in [0.2, 0.25) is 0 Å².